The van der Waals surface area contributed by atoms with Crippen LogP contribution < -0.4 is 0 Å². The Morgan fingerprint density at radius 2 is 1.52 bits per heavy atom. The van der Waals surface area contributed by atoms with Crippen LogP contribution >= 0.6 is 0 Å². The number of hydrogen-bond donors (Lipinski definition) is 1. The lowest BCUT2D eigenvalue weighted by atomic mass is 9.93. The highest BCUT2D eigenvalue weighted by molar-refractivity contribution is 5.78. The molecule has 0 aromatic heterocycles. The van der Waals surface area contributed by atoms with Gasteiger partial charge < -0.3 is 5.11 Å². The third-order valence-corrected chi connectivity index (χ3v) is 5.12. The second-order valence-corrected chi connectivity index (χ2v) is 6.41. The molecule has 2 nitrogen and oxygen atoms in total. The minimum absolute atomic E-state index is 0.210. The molecule has 108 valence electrons. The van der Waals surface area contributed by atoms with Crippen LogP contribution in [0.1, 0.15) is 30.5 Å². The van der Waals surface area contributed by atoms with E-state index >= 15 is 0 Å². The van der Waals surface area contributed by atoms with Crippen LogP contribution in [0.3, 0.4) is 0 Å². The number of piperidine rings is 1. The molecule has 1 aliphatic carbocycles. The number of hydrogen-bond acceptors (Lipinski definition) is 2. The van der Waals surface area contributed by atoms with Crippen LogP contribution in [0, 0.1) is 5.92 Å². The molecule has 2 atom stereocenters. The van der Waals surface area contributed by atoms with E-state index in [4.69, 9.17) is 0 Å². The fourth-order valence-electron chi connectivity index (χ4n) is 3.83. The maximum atomic E-state index is 10.3. The molecule has 2 heteroatoms. The van der Waals surface area contributed by atoms with Crippen molar-refractivity contribution < 1.29 is 5.11 Å². The summed E-state index contributed by atoms with van der Waals surface area (Å²) in [6.07, 6.45) is 0.862. The zero-order valence-corrected chi connectivity index (χ0v) is 12.4. The fourth-order valence-corrected chi connectivity index (χ4v) is 3.83. The van der Waals surface area contributed by atoms with Gasteiger partial charge in [-0.1, -0.05) is 55.5 Å². The highest BCUT2D eigenvalue weighted by atomic mass is 16.3. The first kappa shape index (κ1) is 13.1. The quantitative estimate of drug-likeness (QED) is 0.864. The summed E-state index contributed by atoms with van der Waals surface area (Å²) < 4.78 is 0. The molecule has 1 heterocycles. The SMILES string of the molecule is CC1CCN(C2c3ccccc3-c3ccccc32)CC1O. The molecule has 2 aromatic carbocycles. The lowest BCUT2D eigenvalue weighted by molar-refractivity contribution is 0.0173. The van der Waals surface area contributed by atoms with E-state index < -0.39 is 0 Å². The number of nitrogens with zero attached hydrogens (tertiary/aromatic N) is 1. The molecule has 4 rings (SSSR count). The summed E-state index contributed by atoms with van der Waals surface area (Å²) in [4.78, 5) is 2.45. The number of benzene rings is 2. The van der Waals surface area contributed by atoms with Crippen LogP contribution in [0.4, 0.5) is 0 Å². The molecular formula is C19H21NO. The third-order valence-electron chi connectivity index (χ3n) is 5.12. The van der Waals surface area contributed by atoms with Crippen molar-refractivity contribution in [3.63, 3.8) is 0 Å². The van der Waals surface area contributed by atoms with Crippen molar-refractivity contribution in [2.45, 2.75) is 25.5 Å². The zero-order chi connectivity index (χ0) is 14.4. The van der Waals surface area contributed by atoms with Gasteiger partial charge in [0.05, 0.1) is 12.1 Å². The van der Waals surface area contributed by atoms with Crippen LogP contribution in [-0.2, 0) is 0 Å². The van der Waals surface area contributed by atoms with Gasteiger partial charge in [-0.05, 0) is 41.1 Å². The van der Waals surface area contributed by atoms with Gasteiger partial charge >= 0.3 is 0 Å². The first-order valence-corrected chi connectivity index (χ1v) is 7.86. The van der Waals surface area contributed by atoms with Gasteiger partial charge in [-0.2, -0.15) is 0 Å². The molecular weight excluding hydrogens is 258 g/mol. The number of aliphatic hydroxyl groups is 1. The molecule has 1 fully saturated rings. The first-order chi connectivity index (χ1) is 10.3. The van der Waals surface area contributed by atoms with Crippen molar-refractivity contribution in [3.8, 4) is 11.1 Å². The minimum atomic E-state index is -0.210. The fraction of sp³-hybridized carbons (Fsp3) is 0.368. The lowest BCUT2D eigenvalue weighted by Gasteiger charge is -2.38. The Balaban J connectivity index is 1.78. The van der Waals surface area contributed by atoms with Gasteiger partial charge in [-0.3, -0.25) is 4.90 Å². The van der Waals surface area contributed by atoms with Crippen molar-refractivity contribution in [2.75, 3.05) is 13.1 Å². The predicted molar refractivity (Wildman–Crippen MR) is 85.1 cm³/mol. The molecule has 0 amide bonds. The smallest absolute Gasteiger partial charge is 0.0693 e. The molecule has 0 bridgehead atoms. The van der Waals surface area contributed by atoms with E-state index in [0.717, 1.165) is 19.5 Å². The summed E-state index contributed by atoms with van der Waals surface area (Å²) in [5, 5.41) is 10.3. The average molecular weight is 279 g/mol. The van der Waals surface area contributed by atoms with E-state index in [1.807, 2.05) is 0 Å². The third kappa shape index (κ3) is 2.02. The van der Waals surface area contributed by atoms with Crippen molar-refractivity contribution >= 4 is 0 Å². The highest BCUT2D eigenvalue weighted by Crippen LogP contribution is 2.46. The second kappa shape index (κ2) is 4.97. The van der Waals surface area contributed by atoms with Gasteiger partial charge in [-0.25, -0.2) is 0 Å². The Morgan fingerprint density at radius 1 is 0.952 bits per heavy atom. The van der Waals surface area contributed by atoms with Crippen LogP contribution in [0.2, 0.25) is 0 Å². The Hall–Kier alpha value is -1.64. The van der Waals surface area contributed by atoms with Gasteiger partial charge in [-0.15, -0.1) is 0 Å². The summed E-state index contributed by atoms with van der Waals surface area (Å²) in [6.45, 7) is 3.98. The summed E-state index contributed by atoms with van der Waals surface area (Å²) in [5.41, 5.74) is 5.48. The van der Waals surface area contributed by atoms with Crippen molar-refractivity contribution in [3.05, 3.63) is 59.7 Å². The standard InChI is InChI=1S/C19H21NO/c1-13-10-11-20(12-18(13)21)19-16-8-4-2-6-14(16)15-7-3-5-9-17(15)19/h2-9,13,18-19,21H,10-12H2,1H3. The van der Waals surface area contributed by atoms with E-state index in [0.29, 0.717) is 12.0 Å². The maximum absolute atomic E-state index is 10.3. The maximum Gasteiger partial charge on any atom is 0.0693 e. The van der Waals surface area contributed by atoms with E-state index in [1.54, 1.807) is 0 Å². The minimum Gasteiger partial charge on any atom is -0.392 e. The monoisotopic (exact) mass is 279 g/mol. The highest BCUT2D eigenvalue weighted by Gasteiger charge is 2.36. The number of aliphatic hydroxyl groups excluding tert-OH is 1. The van der Waals surface area contributed by atoms with E-state index in [9.17, 15) is 5.11 Å². The van der Waals surface area contributed by atoms with Gasteiger partial charge in [0.25, 0.3) is 0 Å². The predicted octanol–water partition coefficient (Wildman–Crippen LogP) is 3.46. The van der Waals surface area contributed by atoms with Gasteiger partial charge in [0.2, 0.25) is 0 Å². The van der Waals surface area contributed by atoms with Crippen LogP contribution in [-0.4, -0.2) is 29.2 Å². The Labute approximate surface area is 126 Å². The number of β-amino-alcohol motifs (C(OH)–C–C–N with tert-alkyl or cyclic N) is 1. The first-order valence-electron chi connectivity index (χ1n) is 7.86. The van der Waals surface area contributed by atoms with Gasteiger partial charge in [0.1, 0.15) is 0 Å². The number of rotatable bonds is 1. The van der Waals surface area contributed by atoms with Crippen LogP contribution in [0.25, 0.3) is 11.1 Å². The molecule has 2 unspecified atom stereocenters. The molecule has 21 heavy (non-hydrogen) atoms. The normalized spacial score (nSPS) is 25.6. The van der Waals surface area contributed by atoms with E-state index in [1.165, 1.54) is 22.3 Å². The van der Waals surface area contributed by atoms with Gasteiger partial charge in [0, 0.05) is 6.54 Å². The van der Waals surface area contributed by atoms with Crippen LogP contribution in [0.5, 0.6) is 0 Å². The molecule has 0 radical (unpaired) electrons. The summed E-state index contributed by atoms with van der Waals surface area (Å²) >= 11 is 0. The average Bonchev–Trinajstić information content (AvgIpc) is 2.85. The Morgan fingerprint density at radius 3 is 2.10 bits per heavy atom. The molecule has 0 saturated carbocycles. The number of fused-ring (bicyclic) bond motifs is 3. The molecule has 0 spiro atoms. The zero-order valence-electron chi connectivity index (χ0n) is 12.4. The lowest BCUT2D eigenvalue weighted by Crippen LogP contribution is -2.44. The molecule has 1 aliphatic heterocycles. The second-order valence-electron chi connectivity index (χ2n) is 6.41. The topological polar surface area (TPSA) is 23.5 Å². The Kier molecular flexibility index (Phi) is 3.09. The van der Waals surface area contributed by atoms with Gasteiger partial charge in [0.15, 0.2) is 0 Å². The molecule has 1 saturated heterocycles. The van der Waals surface area contributed by atoms with Crippen molar-refractivity contribution in [2.24, 2.45) is 5.92 Å². The molecule has 1 N–H and O–H groups in total. The van der Waals surface area contributed by atoms with Crippen molar-refractivity contribution in [1.29, 1.82) is 0 Å². The van der Waals surface area contributed by atoms with E-state index in [2.05, 4.69) is 60.4 Å². The molecule has 2 aromatic rings. The summed E-state index contributed by atoms with van der Waals surface area (Å²) in [5.74, 6) is 0.410. The largest absolute Gasteiger partial charge is 0.392 e. The summed E-state index contributed by atoms with van der Waals surface area (Å²) in [7, 11) is 0. The molecule has 2 aliphatic rings. The number of likely N-dealkylation sites (tertiary alicyclic amines) is 1. The summed E-state index contributed by atoms with van der Waals surface area (Å²) in [6, 6.07) is 17.7. The van der Waals surface area contributed by atoms with Crippen LogP contribution in [0.15, 0.2) is 48.5 Å². The van der Waals surface area contributed by atoms with Crippen molar-refractivity contribution in [1.82, 2.24) is 4.90 Å². The Bertz CT molecular complexity index is 621. The van der Waals surface area contributed by atoms with E-state index in [-0.39, 0.29) is 6.10 Å².